The van der Waals surface area contributed by atoms with Gasteiger partial charge in [-0.1, -0.05) is 11.6 Å². The molecule has 3 aromatic rings. The molecular formula is C16H14ClN3O3. The third-order valence-electron chi connectivity index (χ3n) is 3.59. The maximum atomic E-state index is 11.3. The fourth-order valence-corrected chi connectivity index (χ4v) is 2.78. The van der Waals surface area contributed by atoms with Crippen LogP contribution in [0, 0.1) is 0 Å². The highest BCUT2D eigenvalue weighted by molar-refractivity contribution is 6.36. The second-order valence-corrected chi connectivity index (χ2v) is 5.40. The maximum absolute atomic E-state index is 11.3. The van der Waals surface area contributed by atoms with E-state index in [0.29, 0.717) is 16.3 Å². The van der Waals surface area contributed by atoms with E-state index in [1.165, 1.54) is 0 Å². The molecule has 2 N–H and O–H groups in total. The molecule has 6 nitrogen and oxygen atoms in total. The van der Waals surface area contributed by atoms with Gasteiger partial charge in [-0.15, -0.1) is 0 Å². The minimum Gasteiger partial charge on any atom is -0.495 e. The molecule has 0 aliphatic carbocycles. The fourth-order valence-electron chi connectivity index (χ4n) is 2.49. The van der Waals surface area contributed by atoms with Crippen molar-refractivity contribution in [1.82, 2.24) is 9.55 Å². The van der Waals surface area contributed by atoms with Crippen LogP contribution in [-0.2, 0) is 7.05 Å². The molecule has 0 bridgehead atoms. The zero-order chi connectivity index (χ0) is 16.6. The van der Waals surface area contributed by atoms with Crippen molar-refractivity contribution in [2.75, 3.05) is 12.4 Å². The molecule has 0 amide bonds. The van der Waals surface area contributed by atoms with Crippen LogP contribution in [0.5, 0.6) is 5.75 Å². The van der Waals surface area contributed by atoms with Crippen LogP contribution in [0.3, 0.4) is 0 Å². The molecule has 1 aromatic carbocycles. The summed E-state index contributed by atoms with van der Waals surface area (Å²) in [7, 11) is 3.24. The summed E-state index contributed by atoms with van der Waals surface area (Å²) in [6.45, 7) is 0. The van der Waals surface area contributed by atoms with E-state index >= 15 is 0 Å². The number of ether oxygens (including phenoxy) is 1. The van der Waals surface area contributed by atoms with Crippen LogP contribution in [0.15, 0.2) is 36.7 Å². The van der Waals surface area contributed by atoms with Gasteiger partial charge < -0.3 is 19.7 Å². The van der Waals surface area contributed by atoms with Crippen LogP contribution >= 0.6 is 11.6 Å². The number of hydrogen-bond acceptors (Lipinski definition) is 4. The fraction of sp³-hybridized carbons (Fsp3) is 0.125. The lowest BCUT2D eigenvalue weighted by Gasteiger charge is -2.10. The molecule has 0 unspecified atom stereocenters. The number of aromatic carboxylic acids is 1. The van der Waals surface area contributed by atoms with Crippen LogP contribution in [0.1, 0.15) is 10.5 Å². The van der Waals surface area contributed by atoms with Crippen LogP contribution in [0.25, 0.3) is 10.9 Å². The Morgan fingerprint density at radius 3 is 2.83 bits per heavy atom. The summed E-state index contributed by atoms with van der Waals surface area (Å²) in [5.41, 5.74) is 2.29. The number of nitrogens with one attached hydrogen (secondary N) is 1. The van der Waals surface area contributed by atoms with Crippen molar-refractivity contribution in [2.45, 2.75) is 0 Å². The Hall–Kier alpha value is -2.73. The first-order valence-electron chi connectivity index (χ1n) is 6.78. The van der Waals surface area contributed by atoms with E-state index in [1.54, 1.807) is 55.4 Å². The molecule has 2 heterocycles. The van der Waals surface area contributed by atoms with Gasteiger partial charge in [-0.3, -0.25) is 4.98 Å². The lowest BCUT2D eigenvalue weighted by molar-refractivity contribution is 0.0687. The molecule has 7 heteroatoms. The van der Waals surface area contributed by atoms with E-state index in [0.717, 1.165) is 16.8 Å². The second kappa shape index (κ2) is 5.81. The number of anilines is 2. The van der Waals surface area contributed by atoms with E-state index < -0.39 is 5.97 Å². The summed E-state index contributed by atoms with van der Waals surface area (Å²) in [6, 6.07) is 6.93. The highest BCUT2D eigenvalue weighted by Gasteiger charge is 2.17. The molecule has 118 valence electrons. The van der Waals surface area contributed by atoms with Crippen LogP contribution in [-0.4, -0.2) is 27.7 Å². The summed E-state index contributed by atoms with van der Waals surface area (Å²) in [6.07, 6.45) is 3.26. The quantitative estimate of drug-likeness (QED) is 0.762. The monoisotopic (exact) mass is 331 g/mol. The van der Waals surface area contributed by atoms with E-state index in [2.05, 4.69) is 10.3 Å². The molecule has 0 radical (unpaired) electrons. The highest BCUT2D eigenvalue weighted by atomic mass is 35.5. The van der Waals surface area contributed by atoms with Crippen molar-refractivity contribution >= 4 is 39.8 Å². The predicted octanol–water partition coefficient (Wildman–Crippen LogP) is 3.68. The van der Waals surface area contributed by atoms with Crippen LogP contribution in [0.4, 0.5) is 11.4 Å². The van der Waals surface area contributed by atoms with Gasteiger partial charge in [-0.05, 0) is 18.2 Å². The lowest BCUT2D eigenvalue weighted by atomic mass is 10.2. The van der Waals surface area contributed by atoms with E-state index in [9.17, 15) is 9.90 Å². The number of benzene rings is 1. The summed E-state index contributed by atoms with van der Waals surface area (Å²) in [4.78, 5) is 15.4. The molecule has 0 aliphatic rings. The molecule has 2 aromatic heterocycles. The van der Waals surface area contributed by atoms with Gasteiger partial charge in [0.25, 0.3) is 0 Å². The third kappa shape index (κ3) is 2.68. The Morgan fingerprint density at radius 2 is 2.13 bits per heavy atom. The van der Waals surface area contributed by atoms with E-state index in [-0.39, 0.29) is 5.69 Å². The van der Waals surface area contributed by atoms with Crippen molar-refractivity contribution in [1.29, 1.82) is 0 Å². The number of aryl methyl sites for hydroxylation is 1. The molecule has 0 aliphatic heterocycles. The Kier molecular flexibility index (Phi) is 3.83. The maximum Gasteiger partial charge on any atom is 0.352 e. The standard InChI is InChI=1S/C16H14ClN3O3/c1-20-14(16(21)22)6-11-13(4-3-12(17)15(11)20)19-9-5-10(23-2)8-18-7-9/h3-8,19H,1-2H3,(H,21,22). The number of carboxylic acids is 1. The first kappa shape index (κ1) is 15.2. The Morgan fingerprint density at radius 1 is 1.35 bits per heavy atom. The van der Waals surface area contributed by atoms with Gasteiger partial charge in [0.2, 0.25) is 0 Å². The molecule has 23 heavy (non-hydrogen) atoms. The van der Waals surface area contributed by atoms with Crippen LogP contribution < -0.4 is 10.1 Å². The molecule has 0 saturated carbocycles. The van der Waals surface area contributed by atoms with Gasteiger partial charge >= 0.3 is 5.97 Å². The molecular weight excluding hydrogens is 318 g/mol. The lowest BCUT2D eigenvalue weighted by Crippen LogP contribution is -2.03. The van der Waals surface area contributed by atoms with Crippen molar-refractivity contribution < 1.29 is 14.6 Å². The Labute approximate surface area is 137 Å². The number of hydrogen-bond donors (Lipinski definition) is 2. The van der Waals surface area contributed by atoms with Gasteiger partial charge in [0.15, 0.2) is 0 Å². The SMILES string of the molecule is COc1cncc(Nc2ccc(Cl)c3c2cc(C(=O)O)n3C)c1. The van der Waals surface area contributed by atoms with Crippen molar-refractivity contribution in [3.8, 4) is 5.75 Å². The van der Waals surface area contributed by atoms with E-state index in [4.69, 9.17) is 16.3 Å². The van der Waals surface area contributed by atoms with Gasteiger partial charge in [-0.25, -0.2) is 4.79 Å². The van der Waals surface area contributed by atoms with Gasteiger partial charge in [0, 0.05) is 24.2 Å². The average molecular weight is 332 g/mol. The van der Waals surface area contributed by atoms with Crippen molar-refractivity contribution in [2.24, 2.45) is 7.05 Å². The molecule has 0 saturated heterocycles. The Balaban J connectivity index is 2.12. The van der Waals surface area contributed by atoms with Crippen LogP contribution in [0.2, 0.25) is 5.02 Å². The summed E-state index contributed by atoms with van der Waals surface area (Å²) in [5.74, 6) is -0.381. The number of methoxy groups -OCH3 is 1. The minimum atomic E-state index is -1.01. The van der Waals surface area contributed by atoms with Crippen molar-refractivity contribution in [3.63, 3.8) is 0 Å². The van der Waals surface area contributed by atoms with Gasteiger partial charge in [0.05, 0.1) is 35.7 Å². The summed E-state index contributed by atoms with van der Waals surface area (Å²) >= 11 is 6.23. The Bertz CT molecular complexity index is 905. The third-order valence-corrected chi connectivity index (χ3v) is 3.90. The van der Waals surface area contributed by atoms with Crippen molar-refractivity contribution in [3.05, 3.63) is 47.4 Å². The topological polar surface area (TPSA) is 76.4 Å². The number of pyridine rings is 1. The number of fused-ring (bicyclic) bond motifs is 1. The van der Waals surface area contributed by atoms with Gasteiger partial charge in [0.1, 0.15) is 11.4 Å². The first-order chi connectivity index (χ1) is 11.0. The molecule has 3 rings (SSSR count). The highest BCUT2D eigenvalue weighted by Crippen LogP contribution is 2.34. The number of carbonyl (C=O) groups is 1. The molecule has 0 atom stereocenters. The molecule has 0 spiro atoms. The average Bonchev–Trinajstić information content (AvgIpc) is 2.89. The number of carboxylic acid groups (broad SMARTS) is 1. The summed E-state index contributed by atoms with van der Waals surface area (Å²) < 4.78 is 6.71. The van der Waals surface area contributed by atoms with Gasteiger partial charge in [-0.2, -0.15) is 0 Å². The smallest absolute Gasteiger partial charge is 0.352 e. The number of halogens is 1. The first-order valence-corrected chi connectivity index (χ1v) is 7.16. The zero-order valence-corrected chi connectivity index (χ0v) is 13.3. The minimum absolute atomic E-state index is 0.167. The number of rotatable bonds is 4. The predicted molar refractivity (Wildman–Crippen MR) is 89.0 cm³/mol. The normalized spacial score (nSPS) is 10.7. The largest absolute Gasteiger partial charge is 0.495 e. The zero-order valence-electron chi connectivity index (χ0n) is 12.5. The second-order valence-electron chi connectivity index (χ2n) is 4.99. The number of nitrogens with zero attached hydrogens (tertiary/aromatic N) is 2. The molecule has 0 fully saturated rings. The summed E-state index contributed by atoms with van der Waals surface area (Å²) in [5, 5.41) is 13.7. The van der Waals surface area contributed by atoms with E-state index in [1.807, 2.05) is 0 Å². The number of aromatic nitrogens is 2.